The lowest BCUT2D eigenvalue weighted by molar-refractivity contribution is 0.399. The first kappa shape index (κ1) is 15.5. The molecule has 6 heteroatoms. The number of rotatable bonds is 5. The second-order valence-corrected chi connectivity index (χ2v) is 6.59. The Morgan fingerprint density at radius 2 is 2.05 bits per heavy atom. The largest absolute Gasteiger partial charge is 0.495 e. The summed E-state index contributed by atoms with van der Waals surface area (Å²) < 4.78 is 31.3. The average molecular weight is 284 g/mol. The third-order valence-electron chi connectivity index (χ3n) is 2.73. The van der Waals surface area contributed by atoms with Crippen LogP contribution in [0.5, 0.6) is 5.75 Å². The van der Waals surface area contributed by atoms with E-state index in [9.17, 15) is 8.42 Å². The minimum atomic E-state index is -3.65. The zero-order chi connectivity index (χ0) is 14.8. The van der Waals surface area contributed by atoms with Crippen molar-refractivity contribution >= 4 is 15.7 Å². The number of nitrogen functional groups attached to an aromatic ring is 1. The summed E-state index contributed by atoms with van der Waals surface area (Å²) in [6.45, 7) is 7.53. The molecule has 2 N–H and O–H groups in total. The summed E-state index contributed by atoms with van der Waals surface area (Å²) in [7, 11) is -0.716. The number of methoxy groups -OCH3 is 1. The summed E-state index contributed by atoms with van der Waals surface area (Å²) in [6, 6.07) is 3.05. The molecule has 0 fully saturated rings. The van der Waals surface area contributed by atoms with Crippen molar-refractivity contribution in [3.05, 3.63) is 29.8 Å². The Morgan fingerprint density at radius 1 is 1.47 bits per heavy atom. The van der Waals surface area contributed by atoms with E-state index in [1.165, 1.54) is 24.5 Å². The lowest BCUT2D eigenvalue weighted by Gasteiger charge is -2.19. The van der Waals surface area contributed by atoms with Crippen molar-refractivity contribution in [1.82, 2.24) is 4.31 Å². The summed E-state index contributed by atoms with van der Waals surface area (Å²) in [6.07, 6.45) is 0. The number of hydrogen-bond acceptors (Lipinski definition) is 4. The van der Waals surface area contributed by atoms with Gasteiger partial charge >= 0.3 is 0 Å². The van der Waals surface area contributed by atoms with Crippen LogP contribution in [-0.4, -0.2) is 33.4 Å². The van der Waals surface area contributed by atoms with E-state index in [2.05, 4.69) is 6.58 Å². The van der Waals surface area contributed by atoms with Crippen LogP contribution < -0.4 is 10.5 Å². The maximum absolute atomic E-state index is 12.5. The molecule has 0 aliphatic rings. The average Bonchev–Trinajstić information content (AvgIpc) is 2.30. The number of sulfonamides is 1. The van der Waals surface area contributed by atoms with Gasteiger partial charge in [0.25, 0.3) is 0 Å². The molecule has 106 valence electrons. The van der Waals surface area contributed by atoms with Crippen LogP contribution in [0.15, 0.2) is 29.2 Å². The molecule has 0 aliphatic carbocycles. The van der Waals surface area contributed by atoms with Crippen molar-refractivity contribution in [1.29, 1.82) is 0 Å². The molecule has 1 aromatic rings. The Balaban J connectivity index is 3.35. The summed E-state index contributed by atoms with van der Waals surface area (Å²) >= 11 is 0. The summed E-state index contributed by atoms with van der Waals surface area (Å²) in [5.74, 6) is 0.292. The predicted molar refractivity (Wildman–Crippen MR) is 76.8 cm³/mol. The molecule has 0 amide bonds. The molecule has 0 spiro atoms. The molecule has 19 heavy (non-hydrogen) atoms. The van der Waals surface area contributed by atoms with Crippen LogP contribution in [0.4, 0.5) is 5.69 Å². The molecule has 0 saturated carbocycles. The van der Waals surface area contributed by atoms with Gasteiger partial charge in [0.1, 0.15) is 10.6 Å². The summed E-state index contributed by atoms with van der Waals surface area (Å²) in [5.41, 5.74) is 7.74. The van der Waals surface area contributed by atoms with E-state index in [1.54, 1.807) is 19.9 Å². The fourth-order valence-electron chi connectivity index (χ4n) is 1.67. The van der Waals surface area contributed by atoms with Crippen LogP contribution in [-0.2, 0) is 10.0 Å². The van der Waals surface area contributed by atoms with Gasteiger partial charge < -0.3 is 10.5 Å². The minimum Gasteiger partial charge on any atom is -0.495 e. The van der Waals surface area contributed by atoms with Gasteiger partial charge in [0.15, 0.2) is 0 Å². The van der Waals surface area contributed by atoms with Crippen LogP contribution in [0.3, 0.4) is 0 Å². The molecule has 1 aromatic carbocycles. The number of nitrogens with two attached hydrogens (primary N) is 1. The fraction of sp³-hybridized carbons (Fsp3) is 0.385. The maximum Gasteiger partial charge on any atom is 0.246 e. The third-order valence-corrected chi connectivity index (χ3v) is 4.56. The van der Waals surface area contributed by atoms with Gasteiger partial charge in [-0.05, 0) is 31.5 Å². The summed E-state index contributed by atoms with van der Waals surface area (Å²) in [4.78, 5) is 0.0712. The van der Waals surface area contributed by atoms with E-state index in [0.29, 0.717) is 11.4 Å². The van der Waals surface area contributed by atoms with Gasteiger partial charge in [-0.1, -0.05) is 12.2 Å². The molecule has 0 unspecified atom stereocenters. The fourth-order valence-corrected chi connectivity index (χ4v) is 3.07. The van der Waals surface area contributed by atoms with E-state index in [1.807, 2.05) is 0 Å². The van der Waals surface area contributed by atoms with Gasteiger partial charge in [-0.25, -0.2) is 8.42 Å². The Kier molecular flexibility index (Phi) is 4.60. The lowest BCUT2D eigenvalue weighted by Crippen LogP contribution is -2.28. The molecular formula is C13H20N2O3S. The Morgan fingerprint density at radius 3 is 2.53 bits per heavy atom. The highest BCUT2D eigenvalue weighted by atomic mass is 32.2. The quantitative estimate of drug-likeness (QED) is 0.661. The van der Waals surface area contributed by atoms with E-state index in [-0.39, 0.29) is 11.4 Å². The van der Waals surface area contributed by atoms with E-state index < -0.39 is 10.0 Å². The van der Waals surface area contributed by atoms with Crippen LogP contribution in [0, 0.1) is 6.92 Å². The smallest absolute Gasteiger partial charge is 0.246 e. The highest BCUT2D eigenvalue weighted by Gasteiger charge is 2.25. The molecule has 1 rings (SSSR count). The van der Waals surface area contributed by atoms with Crippen molar-refractivity contribution < 1.29 is 13.2 Å². The SMILES string of the molecule is C=C(C)CN(C)S(=O)(=O)c1cc(N)c(C)cc1OC. The highest BCUT2D eigenvalue weighted by Crippen LogP contribution is 2.30. The van der Waals surface area contributed by atoms with Crippen LogP contribution >= 0.6 is 0 Å². The van der Waals surface area contributed by atoms with E-state index in [0.717, 1.165) is 11.1 Å². The first-order chi connectivity index (χ1) is 8.70. The molecule has 0 radical (unpaired) electrons. The van der Waals surface area contributed by atoms with E-state index >= 15 is 0 Å². The molecule has 0 aliphatic heterocycles. The number of hydrogen-bond donors (Lipinski definition) is 1. The molecule has 0 saturated heterocycles. The third kappa shape index (κ3) is 3.27. The minimum absolute atomic E-state index is 0.0712. The number of benzene rings is 1. The molecular weight excluding hydrogens is 264 g/mol. The number of anilines is 1. The van der Waals surface area contributed by atoms with Gasteiger partial charge in [-0.2, -0.15) is 4.31 Å². The predicted octanol–water partition coefficient (Wildman–Crippen LogP) is 1.78. The zero-order valence-electron chi connectivity index (χ0n) is 11.7. The monoisotopic (exact) mass is 284 g/mol. The standard InChI is InChI=1S/C13H20N2O3S/c1-9(2)8-15(4)19(16,17)13-7-11(14)10(3)6-12(13)18-5/h6-7H,1,8,14H2,2-5H3. The maximum atomic E-state index is 12.5. The van der Waals surface area contributed by atoms with Gasteiger partial charge in [0.05, 0.1) is 7.11 Å². The van der Waals surface area contributed by atoms with Gasteiger partial charge in [0, 0.05) is 19.3 Å². The van der Waals surface area contributed by atoms with Gasteiger partial charge in [0.2, 0.25) is 10.0 Å². The van der Waals surface area contributed by atoms with E-state index in [4.69, 9.17) is 10.5 Å². The zero-order valence-corrected chi connectivity index (χ0v) is 12.5. The second-order valence-electron chi connectivity index (χ2n) is 4.58. The van der Waals surface area contributed by atoms with Crippen LogP contribution in [0.2, 0.25) is 0 Å². The van der Waals surface area contributed by atoms with Gasteiger partial charge in [-0.3, -0.25) is 0 Å². The number of nitrogens with zero attached hydrogens (tertiary/aromatic N) is 1. The first-order valence-corrected chi connectivity index (χ1v) is 7.19. The first-order valence-electron chi connectivity index (χ1n) is 5.75. The number of likely N-dealkylation sites (N-methyl/N-ethyl adjacent to an activating group) is 1. The molecule has 0 aromatic heterocycles. The molecule has 5 nitrogen and oxygen atoms in total. The van der Waals surface area contributed by atoms with Crippen molar-refractivity contribution in [3.63, 3.8) is 0 Å². The molecule has 0 atom stereocenters. The van der Waals surface area contributed by atoms with Gasteiger partial charge in [-0.15, -0.1) is 0 Å². The van der Waals surface area contributed by atoms with Crippen molar-refractivity contribution in [2.45, 2.75) is 18.7 Å². The number of ether oxygens (including phenoxy) is 1. The highest BCUT2D eigenvalue weighted by molar-refractivity contribution is 7.89. The summed E-state index contributed by atoms with van der Waals surface area (Å²) in [5, 5.41) is 0. The van der Waals surface area contributed by atoms with Crippen molar-refractivity contribution in [3.8, 4) is 5.75 Å². The van der Waals surface area contributed by atoms with Crippen molar-refractivity contribution in [2.75, 3.05) is 26.4 Å². The Labute approximate surface area is 114 Å². The molecule has 0 heterocycles. The van der Waals surface area contributed by atoms with Crippen LogP contribution in [0.25, 0.3) is 0 Å². The topological polar surface area (TPSA) is 72.6 Å². The lowest BCUT2D eigenvalue weighted by atomic mass is 10.2. The Bertz CT molecular complexity index is 594. The Hall–Kier alpha value is -1.53. The van der Waals surface area contributed by atoms with Crippen molar-refractivity contribution in [2.24, 2.45) is 0 Å². The second kappa shape index (κ2) is 5.63. The van der Waals surface area contributed by atoms with Crippen LogP contribution in [0.1, 0.15) is 12.5 Å². The molecule has 0 bridgehead atoms. The normalized spacial score (nSPS) is 11.6. The number of aryl methyl sites for hydroxylation is 1.